The molecule has 0 saturated carbocycles. The summed E-state index contributed by atoms with van der Waals surface area (Å²) in [7, 11) is 0. The van der Waals surface area contributed by atoms with Gasteiger partial charge in [-0.2, -0.15) is 0 Å². The number of nitrogens with one attached hydrogen (secondary N) is 1. The summed E-state index contributed by atoms with van der Waals surface area (Å²) in [6, 6.07) is 9.82. The number of rotatable bonds is 6. The summed E-state index contributed by atoms with van der Waals surface area (Å²) in [6.45, 7) is 9.29. The Kier molecular flexibility index (Phi) is 6.40. The smallest absolute Gasteiger partial charge is 0.0236 e. The van der Waals surface area contributed by atoms with E-state index in [0.29, 0.717) is 0 Å². The van der Waals surface area contributed by atoms with Gasteiger partial charge in [-0.05, 0) is 55.8 Å². The lowest BCUT2D eigenvalue weighted by atomic mass is 10.0. The van der Waals surface area contributed by atoms with E-state index >= 15 is 0 Å². The van der Waals surface area contributed by atoms with E-state index in [9.17, 15) is 0 Å². The molecule has 1 heterocycles. The molecule has 1 fully saturated rings. The second-order valence-electron chi connectivity index (χ2n) is 6.15. The first-order chi connectivity index (χ1) is 9.69. The fourth-order valence-electron chi connectivity index (χ4n) is 2.95. The number of piperidine rings is 1. The maximum absolute atomic E-state index is 3.47. The molecule has 2 nitrogen and oxygen atoms in total. The maximum atomic E-state index is 3.47. The zero-order valence-corrected chi connectivity index (χ0v) is 13.9. The Hall–Kier alpha value is -0.510. The van der Waals surface area contributed by atoms with Gasteiger partial charge in [-0.15, -0.1) is 11.8 Å². The molecule has 0 spiro atoms. The first kappa shape index (κ1) is 15.9. The van der Waals surface area contributed by atoms with E-state index in [1.54, 1.807) is 0 Å². The van der Waals surface area contributed by atoms with Crippen LogP contribution in [0.1, 0.15) is 32.3 Å². The van der Waals surface area contributed by atoms with E-state index in [1.807, 2.05) is 11.8 Å². The Labute approximate surface area is 128 Å². The molecule has 0 bridgehead atoms. The summed E-state index contributed by atoms with van der Waals surface area (Å²) >= 11 is 1.81. The van der Waals surface area contributed by atoms with E-state index in [1.165, 1.54) is 42.9 Å². The Balaban J connectivity index is 2.01. The van der Waals surface area contributed by atoms with Crippen molar-refractivity contribution in [1.29, 1.82) is 0 Å². The fraction of sp³-hybridized carbons (Fsp3) is 0.647. The average molecular weight is 292 g/mol. The average Bonchev–Trinajstić information content (AvgIpc) is 2.48. The van der Waals surface area contributed by atoms with Gasteiger partial charge in [-0.25, -0.2) is 0 Å². The summed E-state index contributed by atoms with van der Waals surface area (Å²) in [4.78, 5) is 4.05. The first-order valence-electron chi connectivity index (χ1n) is 7.76. The lowest BCUT2D eigenvalue weighted by Gasteiger charge is -2.35. The van der Waals surface area contributed by atoms with Crippen LogP contribution in [0.5, 0.6) is 0 Å². The van der Waals surface area contributed by atoms with E-state index < -0.39 is 0 Å². The minimum absolute atomic E-state index is 0.732. The zero-order valence-electron chi connectivity index (χ0n) is 13.1. The molecule has 0 atom stereocenters. The minimum atomic E-state index is 0.732. The molecule has 20 heavy (non-hydrogen) atoms. The lowest BCUT2D eigenvalue weighted by Crippen LogP contribution is -2.44. The van der Waals surface area contributed by atoms with Gasteiger partial charge in [0, 0.05) is 24.0 Å². The van der Waals surface area contributed by atoms with Crippen LogP contribution in [-0.4, -0.2) is 36.8 Å². The van der Waals surface area contributed by atoms with Crippen LogP contribution in [0.15, 0.2) is 29.2 Å². The Morgan fingerprint density at radius 2 is 1.85 bits per heavy atom. The lowest BCUT2D eigenvalue weighted by molar-refractivity contribution is 0.137. The molecular weight excluding hydrogens is 264 g/mol. The number of hydrogen-bond donors (Lipinski definition) is 1. The highest BCUT2D eigenvalue weighted by atomic mass is 32.2. The monoisotopic (exact) mass is 292 g/mol. The second-order valence-corrected chi connectivity index (χ2v) is 7.03. The first-order valence-corrected chi connectivity index (χ1v) is 8.99. The summed E-state index contributed by atoms with van der Waals surface area (Å²) in [5, 5.41) is 3.47. The van der Waals surface area contributed by atoms with E-state index in [0.717, 1.165) is 18.5 Å². The second kappa shape index (κ2) is 8.06. The van der Waals surface area contributed by atoms with Crippen molar-refractivity contribution >= 4 is 11.8 Å². The SMILES string of the molecule is CSc1ccc(CN(CC(C)C)C2CCNCC2)cc1. The van der Waals surface area contributed by atoms with Gasteiger partial charge in [-0.1, -0.05) is 26.0 Å². The molecule has 3 heteroatoms. The van der Waals surface area contributed by atoms with E-state index in [4.69, 9.17) is 0 Å². The molecule has 0 unspecified atom stereocenters. The van der Waals surface area contributed by atoms with Crippen LogP contribution in [0.2, 0.25) is 0 Å². The van der Waals surface area contributed by atoms with Crippen LogP contribution >= 0.6 is 11.8 Å². The fourth-order valence-corrected chi connectivity index (χ4v) is 3.36. The summed E-state index contributed by atoms with van der Waals surface area (Å²) in [5.74, 6) is 0.732. The van der Waals surface area contributed by atoms with Gasteiger partial charge in [0.15, 0.2) is 0 Å². The van der Waals surface area contributed by atoms with E-state index in [-0.39, 0.29) is 0 Å². The Bertz CT molecular complexity index is 382. The minimum Gasteiger partial charge on any atom is -0.317 e. The van der Waals surface area contributed by atoms with Gasteiger partial charge in [0.05, 0.1) is 0 Å². The van der Waals surface area contributed by atoms with Crippen molar-refractivity contribution in [2.24, 2.45) is 5.92 Å². The maximum Gasteiger partial charge on any atom is 0.0236 e. The van der Waals surface area contributed by atoms with Crippen molar-refractivity contribution < 1.29 is 0 Å². The van der Waals surface area contributed by atoms with Crippen LogP contribution in [0.3, 0.4) is 0 Å². The number of hydrogen-bond acceptors (Lipinski definition) is 3. The summed E-state index contributed by atoms with van der Waals surface area (Å²) < 4.78 is 0. The normalized spacial score (nSPS) is 17.1. The van der Waals surface area contributed by atoms with E-state index in [2.05, 4.69) is 54.6 Å². The van der Waals surface area contributed by atoms with Gasteiger partial charge >= 0.3 is 0 Å². The number of nitrogens with zero attached hydrogens (tertiary/aromatic N) is 1. The standard InChI is InChI=1S/C17H28N2S/c1-14(2)12-19(16-8-10-18-11-9-16)13-15-4-6-17(20-3)7-5-15/h4-7,14,16,18H,8-13H2,1-3H3. The molecule has 1 saturated heterocycles. The van der Waals surface area contributed by atoms with Crippen molar-refractivity contribution in [2.75, 3.05) is 25.9 Å². The van der Waals surface area contributed by atoms with Crippen LogP contribution in [-0.2, 0) is 6.54 Å². The molecule has 112 valence electrons. The van der Waals surface area contributed by atoms with Crippen molar-refractivity contribution in [3.8, 4) is 0 Å². The highest BCUT2D eigenvalue weighted by Gasteiger charge is 2.21. The van der Waals surface area contributed by atoms with Crippen LogP contribution in [0.25, 0.3) is 0 Å². The van der Waals surface area contributed by atoms with Gasteiger partial charge in [-0.3, -0.25) is 4.90 Å². The largest absolute Gasteiger partial charge is 0.317 e. The molecule has 2 rings (SSSR count). The van der Waals surface area contributed by atoms with Crippen LogP contribution < -0.4 is 5.32 Å². The molecule has 0 amide bonds. The topological polar surface area (TPSA) is 15.3 Å². The molecule has 1 N–H and O–H groups in total. The van der Waals surface area contributed by atoms with Crippen LogP contribution in [0.4, 0.5) is 0 Å². The van der Waals surface area contributed by atoms with Crippen molar-refractivity contribution in [3.63, 3.8) is 0 Å². The molecular formula is C17H28N2S. The van der Waals surface area contributed by atoms with Crippen molar-refractivity contribution in [2.45, 2.75) is 44.2 Å². The molecule has 0 radical (unpaired) electrons. The Morgan fingerprint density at radius 3 is 2.40 bits per heavy atom. The predicted octanol–water partition coefficient (Wildman–Crippen LogP) is 3.62. The highest BCUT2D eigenvalue weighted by Crippen LogP contribution is 2.20. The van der Waals surface area contributed by atoms with Gasteiger partial charge in [0.25, 0.3) is 0 Å². The molecule has 0 aliphatic carbocycles. The van der Waals surface area contributed by atoms with Crippen molar-refractivity contribution in [3.05, 3.63) is 29.8 Å². The van der Waals surface area contributed by atoms with Crippen LogP contribution in [0, 0.1) is 5.92 Å². The third kappa shape index (κ3) is 4.80. The third-order valence-electron chi connectivity index (χ3n) is 3.97. The molecule has 0 aromatic heterocycles. The summed E-state index contributed by atoms with van der Waals surface area (Å²) in [5.41, 5.74) is 1.45. The predicted molar refractivity (Wildman–Crippen MR) is 89.4 cm³/mol. The molecule has 1 aliphatic rings. The molecule has 1 aromatic rings. The van der Waals surface area contributed by atoms with Crippen molar-refractivity contribution in [1.82, 2.24) is 10.2 Å². The zero-order chi connectivity index (χ0) is 14.4. The number of thioether (sulfide) groups is 1. The molecule has 1 aliphatic heterocycles. The number of benzene rings is 1. The quantitative estimate of drug-likeness (QED) is 0.806. The summed E-state index contributed by atoms with van der Waals surface area (Å²) in [6.07, 6.45) is 4.71. The van der Waals surface area contributed by atoms with Gasteiger partial charge in [0.2, 0.25) is 0 Å². The highest BCUT2D eigenvalue weighted by molar-refractivity contribution is 7.98. The van der Waals surface area contributed by atoms with Gasteiger partial charge in [0.1, 0.15) is 0 Å². The van der Waals surface area contributed by atoms with Gasteiger partial charge < -0.3 is 5.32 Å². The molecule has 1 aromatic carbocycles. The Morgan fingerprint density at radius 1 is 1.20 bits per heavy atom. The third-order valence-corrected chi connectivity index (χ3v) is 4.71.